The molecular formula is C14H18N2O2. The van der Waals surface area contributed by atoms with E-state index in [0.717, 1.165) is 23.0 Å². The molecule has 3 N–H and O–H groups in total. The Morgan fingerprint density at radius 2 is 2.17 bits per heavy atom. The SMILES string of the molecule is CCc1c(C)n(CCN)c2c(C(=O)O)cccc12. The van der Waals surface area contributed by atoms with E-state index in [4.69, 9.17) is 5.73 Å². The third-order valence-electron chi connectivity index (χ3n) is 3.41. The summed E-state index contributed by atoms with van der Waals surface area (Å²) in [5, 5.41) is 10.3. The number of hydrogen-bond donors (Lipinski definition) is 2. The molecule has 0 fully saturated rings. The van der Waals surface area contributed by atoms with Crippen molar-refractivity contribution < 1.29 is 9.90 Å². The van der Waals surface area contributed by atoms with Crippen LogP contribution < -0.4 is 5.73 Å². The van der Waals surface area contributed by atoms with E-state index in [0.29, 0.717) is 18.7 Å². The van der Waals surface area contributed by atoms with Gasteiger partial charge in [-0.05, 0) is 25.0 Å². The smallest absolute Gasteiger partial charge is 0.337 e. The zero-order valence-corrected chi connectivity index (χ0v) is 10.7. The molecule has 0 atom stereocenters. The van der Waals surface area contributed by atoms with Crippen LogP contribution in [0.15, 0.2) is 18.2 Å². The number of aromatic carboxylic acids is 1. The Labute approximate surface area is 106 Å². The second-order valence-electron chi connectivity index (χ2n) is 4.36. The van der Waals surface area contributed by atoms with Gasteiger partial charge in [0.25, 0.3) is 0 Å². The first kappa shape index (κ1) is 12.6. The standard InChI is InChI=1S/C14H18N2O2/c1-3-10-9(2)16(8-7-15)13-11(10)5-4-6-12(13)14(17)18/h4-6H,3,7-8,15H2,1-2H3,(H,17,18). The summed E-state index contributed by atoms with van der Waals surface area (Å²) in [6, 6.07) is 5.44. The number of rotatable bonds is 4. The minimum atomic E-state index is -0.890. The van der Waals surface area contributed by atoms with Gasteiger partial charge in [0.15, 0.2) is 0 Å². The van der Waals surface area contributed by atoms with E-state index >= 15 is 0 Å². The quantitative estimate of drug-likeness (QED) is 0.868. The van der Waals surface area contributed by atoms with E-state index < -0.39 is 5.97 Å². The molecule has 18 heavy (non-hydrogen) atoms. The molecule has 0 amide bonds. The lowest BCUT2D eigenvalue weighted by molar-refractivity contribution is 0.0698. The predicted octanol–water partition coefficient (Wildman–Crippen LogP) is 2.17. The van der Waals surface area contributed by atoms with Crippen LogP contribution in [0.3, 0.4) is 0 Å². The number of nitrogens with two attached hydrogens (primary N) is 1. The monoisotopic (exact) mass is 246 g/mol. The van der Waals surface area contributed by atoms with E-state index in [1.54, 1.807) is 12.1 Å². The van der Waals surface area contributed by atoms with Gasteiger partial charge < -0.3 is 15.4 Å². The van der Waals surface area contributed by atoms with Gasteiger partial charge in [0.1, 0.15) is 0 Å². The summed E-state index contributed by atoms with van der Waals surface area (Å²) in [6.45, 7) is 5.26. The number of nitrogens with zero attached hydrogens (tertiary/aromatic N) is 1. The average molecular weight is 246 g/mol. The first-order valence-corrected chi connectivity index (χ1v) is 6.15. The van der Waals surface area contributed by atoms with Crippen LogP contribution in [0.25, 0.3) is 10.9 Å². The summed E-state index contributed by atoms with van der Waals surface area (Å²) in [4.78, 5) is 11.3. The van der Waals surface area contributed by atoms with Crippen molar-refractivity contribution in [3.63, 3.8) is 0 Å². The van der Waals surface area contributed by atoms with E-state index in [1.165, 1.54) is 5.56 Å². The molecule has 4 heteroatoms. The number of carbonyl (C=O) groups is 1. The summed E-state index contributed by atoms with van der Waals surface area (Å²) in [7, 11) is 0. The Bertz CT molecular complexity index is 599. The summed E-state index contributed by atoms with van der Waals surface area (Å²) >= 11 is 0. The molecule has 0 saturated heterocycles. The molecule has 2 rings (SSSR count). The number of para-hydroxylation sites is 1. The van der Waals surface area contributed by atoms with Crippen molar-refractivity contribution in [2.24, 2.45) is 5.73 Å². The van der Waals surface area contributed by atoms with Crippen LogP contribution in [0.4, 0.5) is 0 Å². The summed E-state index contributed by atoms with van der Waals surface area (Å²) < 4.78 is 2.03. The first-order valence-electron chi connectivity index (χ1n) is 6.15. The highest BCUT2D eigenvalue weighted by molar-refractivity contribution is 6.03. The minimum absolute atomic E-state index is 0.351. The number of aromatic nitrogens is 1. The maximum atomic E-state index is 11.3. The average Bonchev–Trinajstić information content (AvgIpc) is 2.62. The Morgan fingerprint density at radius 3 is 2.72 bits per heavy atom. The van der Waals surface area contributed by atoms with Crippen molar-refractivity contribution >= 4 is 16.9 Å². The fraction of sp³-hybridized carbons (Fsp3) is 0.357. The van der Waals surface area contributed by atoms with Gasteiger partial charge in [-0.15, -0.1) is 0 Å². The molecule has 0 aliphatic rings. The molecule has 1 aromatic heterocycles. The third kappa shape index (κ3) is 1.78. The van der Waals surface area contributed by atoms with Gasteiger partial charge in [-0.25, -0.2) is 4.79 Å². The Kier molecular flexibility index (Phi) is 3.39. The number of benzene rings is 1. The van der Waals surface area contributed by atoms with Crippen LogP contribution in [0.5, 0.6) is 0 Å². The summed E-state index contributed by atoms with van der Waals surface area (Å²) in [5.41, 5.74) is 9.10. The number of aryl methyl sites for hydroxylation is 1. The highest BCUT2D eigenvalue weighted by Crippen LogP contribution is 2.29. The molecule has 1 heterocycles. The molecule has 0 spiro atoms. The molecule has 0 aliphatic heterocycles. The summed E-state index contributed by atoms with van der Waals surface area (Å²) in [6.07, 6.45) is 0.892. The van der Waals surface area contributed by atoms with Gasteiger partial charge in [0.2, 0.25) is 0 Å². The van der Waals surface area contributed by atoms with Crippen molar-refractivity contribution in [3.8, 4) is 0 Å². The predicted molar refractivity (Wildman–Crippen MR) is 72.1 cm³/mol. The normalized spacial score (nSPS) is 11.1. The van der Waals surface area contributed by atoms with Crippen LogP contribution >= 0.6 is 0 Å². The number of hydrogen-bond acceptors (Lipinski definition) is 2. The van der Waals surface area contributed by atoms with Crippen molar-refractivity contribution in [2.75, 3.05) is 6.54 Å². The zero-order valence-electron chi connectivity index (χ0n) is 10.7. The van der Waals surface area contributed by atoms with Gasteiger partial charge >= 0.3 is 5.97 Å². The molecule has 0 radical (unpaired) electrons. The van der Waals surface area contributed by atoms with Crippen LogP contribution in [-0.4, -0.2) is 22.2 Å². The van der Waals surface area contributed by atoms with E-state index in [-0.39, 0.29) is 0 Å². The lowest BCUT2D eigenvalue weighted by atomic mass is 10.1. The van der Waals surface area contributed by atoms with Crippen molar-refractivity contribution in [2.45, 2.75) is 26.8 Å². The highest BCUT2D eigenvalue weighted by atomic mass is 16.4. The molecule has 2 aromatic rings. The van der Waals surface area contributed by atoms with E-state index in [2.05, 4.69) is 6.92 Å². The maximum Gasteiger partial charge on any atom is 0.337 e. The Morgan fingerprint density at radius 1 is 1.44 bits per heavy atom. The molecule has 0 unspecified atom stereocenters. The molecular weight excluding hydrogens is 228 g/mol. The van der Waals surface area contributed by atoms with Crippen LogP contribution in [-0.2, 0) is 13.0 Å². The van der Waals surface area contributed by atoms with E-state index in [9.17, 15) is 9.90 Å². The first-order chi connectivity index (χ1) is 8.61. The summed E-state index contributed by atoms with van der Waals surface area (Å²) in [5.74, 6) is -0.890. The Balaban J connectivity index is 2.87. The lowest BCUT2D eigenvalue weighted by Crippen LogP contribution is -2.12. The van der Waals surface area contributed by atoms with Gasteiger partial charge in [0.05, 0.1) is 11.1 Å². The number of carboxylic acids is 1. The number of fused-ring (bicyclic) bond motifs is 1. The van der Waals surface area contributed by atoms with Crippen molar-refractivity contribution in [1.29, 1.82) is 0 Å². The third-order valence-corrected chi connectivity index (χ3v) is 3.41. The lowest BCUT2D eigenvalue weighted by Gasteiger charge is -2.08. The van der Waals surface area contributed by atoms with Gasteiger partial charge in [0, 0.05) is 24.2 Å². The molecule has 96 valence electrons. The fourth-order valence-electron chi connectivity index (χ4n) is 2.63. The zero-order chi connectivity index (χ0) is 13.3. The maximum absolute atomic E-state index is 11.3. The van der Waals surface area contributed by atoms with Crippen LogP contribution in [0.2, 0.25) is 0 Å². The second kappa shape index (κ2) is 4.82. The van der Waals surface area contributed by atoms with Crippen molar-refractivity contribution in [3.05, 3.63) is 35.0 Å². The number of carboxylic acid groups (broad SMARTS) is 1. The molecule has 1 aromatic carbocycles. The van der Waals surface area contributed by atoms with Crippen LogP contribution in [0, 0.1) is 6.92 Å². The topological polar surface area (TPSA) is 68.2 Å². The largest absolute Gasteiger partial charge is 0.478 e. The van der Waals surface area contributed by atoms with Crippen LogP contribution in [0.1, 0.15) is 28.5 Å². The van der Waals surface area contributed by atoms with Gasteiger partial charge in [-0.1, -0.05) is 19.1 Å². The molecule has 0 bridgehead atoms. The Hall–Kier alpha value is -1.81. The minimum Gasteiger partial charge on any atom is -0.478 e. The fourth-order valence-corrected chi connectivity index (χ4v) is 2.63. The molecule has 0 aliphatic carbocycles. The molecule has 4 nitrogen and oxygen atoms in total. The van der Waals surface area contributed by atoms with Crippen molar-refractivity contribution in [1.82, 2.24) is 4.57 Å². The van der Waals surface area contributed by atoms with E-state index in [1.807, 2.05) is 17.6 Å². The van der Waals surface area contributed by atoms with Gasteiger partial charge in [-0.2, -0.15) is 0 Å². The van der Waals surface area contributed by atoms with Gasteiger partial charge in [-0.3, -0.25) is 0 Å². The second-order valence-corrected chi connectivity index (χ2v) is 4.36. The molecule has 0 saturated carbocycles. The highest BCUT2D eigenvalue weighted by Gasteiger charge is 2.18.